The van der Waals surface area contributed by atoms with Crippen LogP contribution in [0.4, 0.5) is 0 Å². The normalized spacial score (nSPS) is 4.76. The molecule has 0 fully saturated rings. The fraction of sp³-hybridized carbons (Fsp3) is 0.500. The molecule has 0 amide bonds. The third-order valence-electron chi connectivity index (χ3n) is 0. The minimum absolute atomic E-state index is 0. The molecule has 0 bridgehead atoms. The maximum Gasteiger partial charge on any atom is 1.00 e. The molecule has 0 unspecified atom stereocenters. The molecule has 9 heteroatoms. The van der Waals surface area contributed by atoms with E-state index in [1.165, 1.54) is 0 Å². The third-order valence-corrected chi connectivity index (χ3v) is 0. The average Bonchev–Trinajstić information content (AvgIpc) is 1.86. The largest absolute Gasteiger partial charge is 1.00 e. The van der Waals surface area contributed by atoms with Gasteiger partial charge in [0.1, 0.15) is 0 Å². The Morgan fingerprint density at radius 1 is 0.647 bits per heavy atom. The number of rotatable bonds is 0. The first kappa shape index (κ1) is 42.8. The van der Waals surface area contributed by atoms with E-state index in [-0.39, 0.29) is 175 Å². The Morgan fingerprint density at radius 3 is 0.647 bits per heavy atom. The first-order valence-corrected chi connectivity index (χ1v) is 3.43. The van der Waals surface area contributed by atoms with Crippen LogP contribution in [0.5, 0.6) is 0 Å². The molecule has 0 atom stereocenters. The first-order valence-electron chi connectivity index (χ1n) is 3.43. The standard InChI is InChI=1S/3C2H4O2.C2H5.3Rb/c3*1-2(3)4;1-2;;;/h3*1H3,(H,3,4);1H2,2H3;;;/q;;;-1;3*+1/p-3. The van der Waals surface area contributed by atoms with Crippen LogP contribution in [0.3, 0.4) is 0 Å². The van der Waals surface area contributed by atoms with Crippen LogP contribution in [0.2, 0.25) is 0 Å². The summed E-state index contributed by atoms with van der Waals surface area (Å²) in [4.78, 5) is 26.7. The topological polar surface area (TPSA) is 120 Å². The summed E-state index contributed by atoms with van der Waals surface area (Å²) >= 11 is 0. The van der Waals surface area contributed by atoms with Crippen molar-refractivity contribution in [3.63, 3.8) is 0 Å². The van der Waals surface area contributed by atoms with E-state index in [0.29, 0.717) is 0 Å². The summed E-state index contributed by atoms with van der Waals surface area (Å²) in [7, 11) is 0. The smallest absolute Gasteiger partial charge is 0.550 e. The molecule has 0 saturated heterocycles. The summed E-state index contributed by atoms with van der Waals surface area (Å²) < 4.78 is 0. The van der Waals surface area contributed by atoms with Gasteiger partial charge in [0.25, 0.3) is 0 Å². The van der Waals surface area contributed by atoms with E-state index in [1.807, 2.05) is 0 Å². The molecule has 0 aromatic carbocycles. The SMILES string of the molecule is CC(=O)[O-].CC(=O)[O-].CC(=O)[O-].[CH2-]C.[Rb+].[Rb+].[Rb+]. The van der Waals surface area contributed by atoms with Crippen LogP contribution in [-0.2, 0) is 14.4 Å². The third kappa shape index (κ3) is 430. The molecule has 0 aliphatic rings. The molecular formula is C8H14O6Rb3-. The van der Waals surface area contributed by atoms with Crippen molar-refractivity contribution >= 4 is 17.9 Å². The van der Waals surface area contributed by atoms with E-state index in [9.17, 15) is 0 Å². The summed E-state index contributed by atoms with van der Waals surface area (Å²) in [5.74, 6) is -3.25. The summed E-state index contributed by atoms with van der Waals surface area (Å²) in [6.07, 6.45) is 0. The zero-order valence-electron chi connectivity index (χ0n) is 11.7. The fourth-order valence-electron chi connectivity index (χ4n) is 0. The average molecular weight is 463 g/mol. The molecule has 0 heterocycles. The van der Waals surface area contributed by atoms with E-state index in [0.717, 1.165) is 20.8 Å². The first-order chi connectivity index (χ1) is 6.20. The number of carbonyl (C=O) groups excluding carboxylic acids is 3. The quantitative estimate of drug-likeness (QED) is 0.330. The molecular weight excluding hydrogens is 448 g/mol. The number of carbonyl (C=O) groups is 3. The molecule has 86 valence electrons. The van der Waals surface area contributed by atoms with Gasteiger partial charge in [0.05, 0.1) is 0 Å². The molecule has 0 aliphatic carbocycles. The van der Waals surface area contributed by atoms with Gasteiger partial charge in [-0.2, -0.15) is 6.92 Å². The van der Waals surface area contributed by atoms with E-state index in [2.05, 4.69) is 6.92 Å². The van der Waals surface area contributed by atoms with Crippen LogP contribution in [0.15, 0.2) is 0 Å². The van der Waals surface area contributed by atoms with Crippen LogP contribution in [-0.4, -0.2) is 17.9 Å². The molecule has 0 rings (SSSR count). The second kappa shape index (κ2) is 42.7. The van der Waals surface area contributed by atoms with Crippen molar-refractivity contribution in [1.82, 2.24) is 0 Å². The summed E-state index contributed by atoms with van der Waals surface area (Å²) in [6.45, 7) is 7.92. The van der Waals surface area contributed by atoms with Crippen LogP contribution in [0, 0.1) is 6.92 Å². The van der Waals surface area contributed by atoms with E-state index >= 15 is 0 Å². The molecule has 0 radical (unpaired) electrons. The Kier molecular flexibility index (Phi) is 108. The van der Waals surface area contributed by atoms with Crippen molar-refractivity contribution in [2.24, 2.45) is 0 Å². The monoisotopic (exact) mass is 461 g/mol. The maximum absolute atomic E-state index is 8.89. The number of carboxylic acid groups (broad SMARTS) is 3. The summed E-state index contributed by atoms with van der Waals surface area (Å²) in [5, 5.41) is 26.7. The van der Waals surface area contributed by atoms with Gasteiger partial charge in [-0.05, 0) is 20.8 Å². The van der Waals surface area contributed by atoms with Gasteiger partial charge < -0.3 is 36.6 Å². The van der Waals surface area contributed by atoms with E-state index in [4.69, 9.17) is 29.7 Å². The van der Waals surface area contributed by atoms with Gasteiger partial charge in [0, 0.05) is 17.9 Å². The second-order valence-electron chi connectivity index (χ2n) is 1.47. The Morgan fingerprint density at radius 2 is 0.647 bits per heavy atom. The fourth-order valence-corrected chi connectivity index (χ4v) is 0. The Balaban J connectivity index is -0.0000000152. The molecule has 0 saturated carbocycles. The van der Waals surface area contributed by atoms with Crippen molar-refractivity contribution in [3.05, 3.63) is 6.92 Å². The van der Waals surface area contributed by atoms with Gasteiger partial charge in [-0.3, -0.25) is 0 Å². The van der Waals surface area contributed by atoms with Crippen molar-refractivity contribution in [2.45, 2.75) is 27.7 Å². The Bertz CT molecular complexity index is 123. The number of aliphatic carboxylic acids is 3. The van der Waals surface area contributed by atoms with Gasteiger partial charge in [-0.25, -0.2) is 0 Å². The molecule has 0 aliphatic heterocycles. The van der Waals surface area contributed by atoms with Crippen molar-refractivity contribution in [2.75, 3.05) is 0 Å². The van der Waals surface area contributed by atoms with E-state index < -0.39 is 17.9 Å². The summed E-state index contributed by atoms with van der Waals surface area (Å²) in [5.41, 5.74) is 0. The van der Waals surface area contributed by atoms with Crippen LogP contribution >= 0.6 is 0 Å². The molecule has 17 heavy (non-hydrogen) atoms. The van der Waals surface area contributed by atoms with Crippen LogP contribution in [0.1, 0.15) is 27.7 Å². The van der Waals surface area contributed by atoms with Gasteiger partial charge in [0.15, 0.2) is 0 Å². The second-order valence-corrected chi connectivity index (χ2v) is 1.47. The van der Waals surface area contributed by atoms with Gasteiger partial charge in [-0.1, -0.05) is 0 Å². The number of carboxylic acids is 3. The number of hydrogen-bond acceptors (Lipinski definition) is 6. The minimum Gasteiger partial charge on any atom is -0.550 e. The molecule has 0 spiro atoms. The van der Waals surface area contributed by atoms with Crippen molar-refractivity contribution in [1.29, 1.82) is 0 Å². The van der Waals surface area contributed by atoms with Crippen LogP contribution in [0.25, 0.3) is 0 Å². The van der Waals surface area contributed by atoms with E-state index in [1.54, 1.807) is 6.92 Å². The van der Waals surface area contributed by atoms with Crippen molar-refractivity contribution < 1.29 is 204 Å². The predicted molar refractivity (Wildman–Crippen MR) is 43.1 cm³/mol. The molecule has 0 aromatic rings. The molecule has 6 nitrogen and oxygen atoms in total. The van der Waals surface area contributed by atoms with Gasteiger partial charge in [-0.15, -0.1) is 0 Å². The maximum atomic E-state index is 8.89. The van der Waals surface area contributed by atoms with Crippen molar-refractivity contribution in [3.8, 4) is 0 Å². The minimum atomic E-state index is -1.08. The van der Waals surface area contributed by atoms with Gasteiger partial charge in [0.2, 0.25) is 0 Å². The number of hydrogen-bond donors (Lipinski definition) is 0. The zero-order chi connectivity index (χ0) is 12.7. The Hall–Kier alpha value is 3.83. The molecule has 0 aromatic heterocycles. The van der Waals surface area contributed by atoms with Gasteiger partial charge >= 0.3 is 175 Å². The predicted octanol–water partition coefficient (Wildman–Crippen LogP) is -11.9. The zero-order valence-corrected chi connectivity index (χ0v) is 26.4. The molecule has 0 N–H and O–H groups in total. The Labute approximate surface area is 249 Å². The van der Waals surface area contributed by atoms with Crippen LogP contribution < -0.4 is 190 Å². The summed E-state index contributed by atoms with van der Waals surface area (Å²) in [6, 6.07) is 0.